The van der Waals surface area contributed by atoms with Crippen molar-refractivity contribution in [2.24, 2.45) is 0 Å². The van der Waals surface area contributed by atoms with Gasteiger partial charge in [0, 0.05) is 18.3 Å². The van der Waals surface area contributed by atoms with Crippen molar-refractivity contribution in [2.75, 3.05) is 5.32 Å². The Bertz CT molecular complexity index is 872. The van der Waals surface area contributed by atoms with E-state index in [4.69, 9.17) is 23.2 Å². The number of fused-ring (bicyclic) bond motifs is 1. The molecule has 2 aromatic heterocycles. The first-order valence-electron chi connectivity index (χ1n) is 7.54. The molecule has 1 aliphatic carbocycles. The summed E-state index contributed by atoms with van der Waals surface area (Å²) in [5.41, 5.74) is 1.78. The van der Waals surface area contributed by atoms with Crippen LogP contribution in [0.15, 0.2) is 30.6 Å². The second kappa shape index (κ2) is 5.65. The summed E-state index contributed by atoms with van der Waals surface area (Å²) in [5.74, 6) is 2.27. The quantitative estimate of drug-likeness (QED) is 0.755. The molecule has 0 amide bonds. The maximum atomic E-state index is 6.10. The van der Waals surface area contributed by atoms with E-state index in [9.17, 15) is 0 Å². The molecule has 3 aromatic rings. The predicted octanol–water partition coefficient (Wildman–Crippen LogP) is 4.48. The van der Waals surface area contributed by atoms with Gasteiger partial charge in [-0.15, -0.1) is 10.2 Å². The van der Waals surface area contributed by atoms with Gasteiger partial charge in [0.05, 0.1) is 16.1 Å². The highest BCUT2D eigenvalue weighted by atomic mass is 35.5. The van der Waals surface area contributed by atoms with Gasteiger partial charge < -0.3 is 5.32 Å². The zero-order valence-electron chi connectivity index (χ0n) is 12.5. The molecule has 1 atom stereocenters. The minimum atomic E-state index is 0.0181. The molecule has 2 heterocycles. The van der Waals surface area contributed by atoms with Gasteiger partial charge in [-0.25, -0.2) is 4.98 Å². The molecule has 0 aliphatic heterocycles. The SMILES string of the molecule is CC(Nc1nccn2c(C3CC3)nnc12)c1ccc(Cl)c(Cl)c1. The van der Waals surface area contributed by atoms with Crippen LogP contribution in [0.2, 0.25) is 10.0 Å². The van der Waals surface area contributed by atoms with Gasteiger partial charge in [-0.3, -0.25) is 4.40 Å². The minimum Gasteiger partial charge on any atom is -0.360 e. The highest BCUT2D eigenvalue weighted by molar-refractivity contribution is 6.42. The summed E-state index contributed by atoms with van der Waals surface area (Å²) in [5, 5.41) is 13.1. The summed E-state index contributed by atoms with van der Waals surface area (Å²) in [6.45, 7) is 2.04. The molecule has 0 bridgehead atoms. The van der Waals surface area contributed by atoms with Crippen molar-refractivity contribution in [1.82, 2.24) is 19.6 Å². The zero-order chi connectivity index (χ0) is 16.0. The van der Waals surface area contributed by atoms with Crippen molar-refractivity contribution in [3.05, 3.63) is 52.0 Å². The van der Waals surface area contributed by atoms with Crippen LogP contribution in [0.1, 0.15) is 43.1 Å². The van der Waals surface area contributed by atoms with Crippen LogP contribution in [0.3, 0.4) is 0 Å². The number of benzene rings is 1. The number of aromatic nitrogens is 4. The molecular formula is C16H15Cl2N5. The molecule has 23 heavy (non-hydrogen) atoms. The molecular weight excluding hydrogens is 333 g/mol. The number of rotatable bonds is 4. The highest BCUT2D eigenvalue weighted by Crippen LogP contribution is 2.39. The molecule has 1 N–H and O–H groups in total. The summed E-state index contributed by atoms with van der Waals surface area (Å²) >= 11 is 12.1. The van der Waals surface area contributed by atoms with Gasteiger partial charge >= 0.3 is 0 Å². The first-order chi connectivity index (χ1) is 11.1. The van der Waals surface area contributed by atoms with Crippen molar-refractivity contribution in [3.63, 3.8) is 0 Å². The van der Waals surface area contributed by atoms with E-state index in [1.54, 1.807) is 12.3 Å². The Morgan fingerprint density at radius 3 is 2.78 bits per heavy atom. The molecule has 1 aliphatic rings. The number of nitrogens with zero attached hydrogens (tertiary/aromatic N) is 4. The molecule has 4 rings (SSSR count). The Kier molecular flexibility index (Phi) is 3.62. The number of hydrogen-bond donors (Lipinski definition) is 1. The molecule has 0 saturated heterocycles. The molecule has 5 nitrogen and oxygen atoms in total. The monoisotopic (exact) mass is 347 g/mol. The second-order valence-corrected chi connectivity index (χ2v) is 6.66. The molecule has 118 valence electrons. The maximum absolute atomic E-state index is 6.10. The summed E-state index contributed by atoms with van der Waals surface area (Å²) < 4.78 is 2.02. The number of hydrogen-bond acceptors (Lipinski definition) is 4. The van der Waals surface area contributed by atoms with Gasteiger partial charge in [0.1, 0.15) is 5.82 Å². The van der Waals surface area contributed by atoms with E-state index in [2.05, 4.69) is 20.5 Å². The van der Waals surface area contributed by atoms with Crippen LogP contribution in [-0.2, 0) is 0 Å². The van der Waals surface area contributed by atoms with Crippen LogP contribution in [0, 0.1) is 0 Å². The molecule has 1 fully saturated rings. The largest absolute Gasteiger partial charge is 0.360 e. The van der Waals surface area contributed by atoms with Crippen LogP contribution in [-0.4, -0.2) is 19.6 Å². The zero-order valence-corrected chi connectivity index (χ0v) is 14.0. The van der Waals surface area contributed by atoms with Gasteiger partial charge in [-0.1, -0.05) is 29.3 Å². The van der Waals surface area contributed by atoms with Crippen molar-refractivity contribution in [2.45, 2.75) is 31.7 Å². The number of halogens is 2. The van der Waals surface area contributed by atoms with Crippen LogP contribution < -0.4 is 5.32 Å². The van der Waals surface area contributed by atoms with Gasteiger partial charge in [0.2, 0.25) is 5.65 Å². The van der Waals surface area contributed by atoms with Crippen molar-refractivity contribution < 1.29 is 0 Å². The Hall–Kier alpha value is -1.85. The van der Waals surface area contributed by atoms with E-state index in [1.807, 2.05) is 29.7 Å². The van der Waals surface area contributed by atoms with Crippen LogP contribution in [0.5, 0.6) is 0 Å². The summed E-state index contributed by atoms with van der Waals surface area (Å²) in [7, 11) is 0. The first-order valence-corrected chi connectivity index (χ1v) is 8.30. The van der Waals surface area contributed by atoms with E-state index in [0.717, 1.165) is 17.0 Å². The second-order valence-electron chi connectivity index (χ2n) is 5.84. The topological polar surface area (TPSA) is 55.1 Å². The lowest BCUT2D eigenvalue weighted by Gasteiger charge is -2.15. The van der Waals surface area contributed by atoms with E-state index < -0.39 is 0 Å². The molecule has 1 unspecified atom stereocenters. The number of anilines is 1. The lowest BCUT2D eigenvalue weighted by atomic mass is 10.1. The fraction of sp³-hybridized carbons (Fsp3) is 0.312. The van der Waals surface area contributed by atoms with E-state index in [-0.39, 0.29) is 6.04 Å². The Labute approximate surface area is 143 Å². The predicted molar refractivity (Wildman–Crippen MR) is 91.3 cm³/mol. The van der Waals surface area contributed by atoms with Crippen LogP contribution >= 0.6 is 23.2 Å². The smallest absolute Gasteiger partial charge is 0.203 e. The standard InChI is InChI=1S/C16H15Cl2N5/c1-9(11-4-5-12(17)13(18)8-11)20-14-16-22-21-15(10-2-3-10)23(16)7-6-19-14/h4-10H,2-3H2,1H3,(H,19,20). The van der Waals surface area contributed by atoms with E-state index >= 15 is 0 Å². The van der Waals surface area contributed by atoms with Crippen molar-refractivity contribution in [3.8, 4) is 0 Å². The summed E-state index contributed by atoms with van der Waals surface area (Å²) in [6, 6.07) is 5.63. The van der Waals surface area contributed by atoms with Crippen LogP contribution in [0.4, 0.5) is 5.82 Å². The number of nitrogens with one attached hydrogen (secondary N) is 1. The normalized spacial score (nSPS) is 15.8. The highest BCUT2D eigenvalue weighted by Gasteiger charge is 2.29. The third-order valence-corrected chi connectivity index (χ3v) is 4.83. The van der Waals surface area contributed by atoms with Gasteiger partial charge in [-0.05, 0) is 37.5 Å². The first kappa shape index (κ1) is 14.7. The Morgan fingerprint density at radius 2 is 2.04 bits per heavy atom. The van der Waals surface area contributed by atoms with Crippen molar-refractivity contribution in [1.29, 1.82) is 0 Å². The van der Waals surface area contributed by atoms with Gasteiger partial charge in [-0.2, -0.15) is 0 Å². The average Bonchev–Trinajstić information content (AvgIpc) is 3.29. The lowest BCUT2D eigenvalue weighted by molar-refractivity contribution is 0.868. The fourth-order valence-electron chi connectivity index (χ4n) is 2.64. The molecule has 1 saturated carbocycles. The van der Waals surface area contributed by atoms with Crippen molar-refractivity contribution >= 4 is 34.7 Å². The maximum Gasteiger partial charge on any atom is 0.203 e. The summed E-state index contributed by atoms with van der Waals surface area (Å²) in [4.78, 5) is 4.41. The molecule has 1 aromatic carbocycles. The third kappa shape index (κ3) is 2.75. The van der Waals surface area contributed by atoms with Crippen LogP contribution in [0.25, 0.3) is 5.65 Å². The third-order valence-electron chi connectivity index (χ3n) is 4.09. The minimum absolute atomic E-state index is 0.0181. The van der Waals surface area contributed by atoms with E-state index in [0.29, 0.717) is 21.8 Å². The average molecular weight is 348 g/mol. The summed E-state index contributed by atoms with van der Waals surface area (Å²) in [6.07, 6.45) is 6.06. The Morgan fingerprint density at radius 1 is 1.22 bits per heavy atom. The molecule has 7 heteroatoms. The lowest BCUT2D eigenvalue weighted by Crippen LogP contribution is -2.09. The molecule has 0 spiro atoms. The van der Waals surface area contributed by atoms with Gasteiger partial charge in [0.15, 0.2) is 5.82 Å². The fourth-order valence-corrected chi connectivity index (χ4v) is 2.94. The van der Waals surface area contributed by atoms with Gasteiger partial charge in [0.25, 0.3) is 0 Å². The Balaban J connectivity index is 1.65. The van der Waals surface area contributed by atoms with E-state index in [1.165, 1.54) is 12.8 Å². The molecule has 0 radical (unpaired) electrons.